The van der Waals surface area contributed by atoms with Crippen molar-refractivity contribution in [2.75, 3.05) is 18.4 Å². The minimum atomic E-state index is 0.383. The van der Waals surface area contributed by atoms with Gasteiger partial charge in [0.15, 0.2) is 5.82 Å². The number of piperidine rings is 1. The Hall–Kier alpha value is -1.10. The summed E-state index contributed by atoms with van der Waals surface area (Å²) in [7, 11) is 0. The summed E-state index contributed by atoms with van der Waals surface area (Å²) in [6, 6.07) is 0.383. The summed E-state index contributed by atoms with van der Waals surface area (Å²) in [5.74, 6) is 1.98. The molecule has 2 heterocycles. The first-order valence-electron chi connectivity index (χ1n) is 6.27. The van der Waals surface area contributed by atoms with E-state index in [0.717, 1.165) is 31.4 Å². The molecular formula is C11H21N5. The summed E-state index contributed by atoms with van der Waals surface area (Å²) in [6.45, 7) is 7.11. The van der Waals surface area contributed by atoms with Crippen molar-refractivity contribution < 1.29 is 0 Å². The fraction of sp³-hybridized carbons (Fsp3) is 0.818. The molecule has 1 aliphatic heterocycles. The highest BCUT2D eigenvalue weighted by Gasteiger charge is 2.21. The molecule has 0 amide bonds. The number of nitrogens with one attached hydrogen (secondary N) is 2. The summed E-state index contributed by atoms with van der Waals surface area (Å²) < 4.78 is 2.17. The summed E-state index contributed by atoms with van der Waals surface area (Å²) >= 11 is 0. The number of hydrogen-bond donors (Lipinski definition) is 2. The average molecular weight is 223 g/mol. The predicted molar refractivity (Wildman–Crippen MR) is 64.5 cm³/mol. The highest BCUT2D eigenvalue weighted by molar-refractivity contribution is 5.26. The molecule has 0 aromatic carbocycles. The van der Waals surface area contributed by atoms with Crippen LogP contribution in [-0.4, -0.2) is 27.9 Å². The molecule has 1 saturated heterocycles. The molecule has 0 bridgehead atoms. The van der Waals surface area contributed by atoms with Gasteiger partial charge in [-0.15, -0.1) is 10.2 Å². The second kappa shape index (κ2) is 5.30. The first kappa shape index (κ1) is 11.4. The van der Waals surface area contributed by atoms with Gasteiger partial charge in [-0.1, -0.05) is 6.42 Å². The zero-order valence-electron chi connectivity index (χ0n) is 10.2. The van der Waals surface area contributed by atoms with Crippen molar-refractivity contribution in [1.82, 2.24) is 20.1 Å². The van der Waals surface area contributed by atoms with Gasteiger partial charge in [-0.05, 0) is 33.2 Å². The quantitative estimate of drug-likeness (QED) is 0.813. The van der Waals surface area contributed by atoms with E-state index in [1.54, 1.807) is 0 Å². The van der Waals surface area contributed by atoms with E-state index in [4.69, 9.17) is 0 Å². The lowest BCUT2D eigenvalue weighted by Gasteiger charge is -2.23. The summed E-state index contributed by atoms with van der Waals surface area (Å²) in [6.07, 6.45) is 3.73. The molecular weight excluding hydrogens is 202 g/mol. The first-order chi connectivity index (χ1) is 7.86. The largest absolute Gasteiger partial charge is 0.355 e. The molecule has 1 unspecified atom stereocenters. The van der Waals surface area contributed by atoms with E-state index in [0.29, 0.717) is 6.04 Å². The molecule has 1 aromatic heterocycles. The van der Waals surface area contributed by atoms with Gasteiger partial charge in [0, 0.05) is 13.1 Å². The number of hydrogen-bond acceptors (Lipinski definition) is 4. The molecule has 5 nitrogen and oxygen atoms in total. The molecule has 1 aromatic rings. The monoisotopic (exact) mass is 223 g/mol. The van der Waals surface area contributed by atoms with Crippen molar-refractivity contribution in [3.8, 4) is 0 Å². The van der Waals surface area contributed by atoms with E-state index in [2.05, 4.69) is 39.2 Å². The fourth-order valence-electron chi connectivity index (χ4n) is 2.25. The van der Waals surface area contributed by atoms with Crippen molar-refractivity contribution in [2.45, 2.75) is 45.7 Å². The van der Waals surface area contributed by atoms with Crippen LogP contribution < -0.4 is 10.6 Å². The normalized spacial score (nSPS) is 21.0. The summed E-state index contributed by atoms with van der Waals surface area (Å²) in [4.78, 5) is 0. The van der Waals surface area contributed by atoms with E-state index >= 15 is 0 Å². The molecule has 0 saturated carbocycles. The second-order valence-corrected chi connectivity index (χ2v) is 4.16. The standard InChI is InChI=1S/C11H21N5/c1-3-12-11-15-14-10(16(11)4-2)9-7-5-6-8-13-9/h9,13H,3-8H2,1-2H3,(H,12,15). The van der Waals surface area contributed by atoms with Gasteiger partial charge in [-0.2, -0.15) is 0 Å². The van der Waals surface area contributed by atoms with Crippen LogP contribution in [0.25, 0.3) is 0 Å². The average Bonchev–Trinajstić information content (AvgIpc) is 2.73. The Labute approximate surface area is 96.6 Å². The molecule has 1 aliphatic rings. The smallest absolute Gasteiger partial charge is 0.224 e. The van der Waals surface area contributed by atoms with E-state index in [1.165, 1.54) is 19.3 Å². The van der Waals surface area contributed by atoms with Crippen molar-refractivity contribution in [2.24, 2.45) is 0 Å². The maximum Gasteiger partial charge on any atom is 0.224 e. The van der Waals surface area contributed by atoms with Crippen LogP contribution in [0.5, 0.6) is 0 Å². The lowest BCUT2D eigenvalue weighted by molar-refractivity contribution is 0.386. The molecule has 16 heavy (non-hydrogen) atoms. The highest BCUT2D eigenvalue weighted by Crippen LogP contribution is 2.23. The number of anilines is 1. The molecule has 2 rings (SSSR count). The minimum Gasteiger partial charge on any atom is -0.355 e. The predicted octanol–water partition coefficient (Wildman–Crippen LogP) is 1.54. The Bertz CT molecular complexity index is 327. The molecule has 90 valence electrons. The zero-order valence-corrected chi connectivity index (χ0v) is 10.2. The van der Waals surface area contributed by atoms with Crippen LogP contribution in [0.1, 0.15) is 45.0 Å². The SMILES string of the molecule is CCNc1nnc(C2CCCCN2)n1CC. The fourth-order valence-corrected chi connectivity index (χ4v) is 2.25. The second-order valence-electron chi connectivity index (χ2n) is 4.16. The third-order valence-electron chi connectivity index (χ3n) is 3.05. The molecule has 5 heteroatoms. The van der Waals surface area contributed by atoms with E-state index in [9.17, 15) is 0 Å². The van der Waals surface area contributed by atoms with Crippen LogP contribution >= 0.6 is 0 Å². The van der Waals surface area contributed by atoms with Crippen LogP contribution in [0, 0.1) is 0 Å². The molecule has 1 fully saturated rings. The number of nitrogens with zero attached hydrogens (tertiary/aromatic N) is 3. The van der Waals surface area contributed by atoms with Gasteiger partial charge in [0.05, 0.1) is 6.04 Å². The Morgan fingerprint density at radius 2 is 2.25 bits per heavy atom. The van der Waals surface area contributed by atoms with Crippen molar-refractivity contribution in [3.05, 3.63) is 5.82 Å². The van der Waals surface area contributed by atoms with Gasteiger partial charge in [-0.25, -0.2) is 0 Å². The van der Waals surface area contributed by atoms with Crippen molar-refractivity contribution >= 4 is 5.95 Å². The van der Waals surface area contributed by atoms with E-state index < -0.39 is 0 Å². The Morgan fingerprint density at radius 3 is 2.88 bits per heavy atom. The lowest BCUT2D eigenvalue weighted by Crippen LogP contribution is -2.29. The van der Waals surface area contributed by atoms with Crippen LogP contribution in [0.2, 0.25) is 0 Å². The molecule has 2 N–H and O–H groups in total. The Kier molecular flexibility index (Phi) is 3.77. The Balaban J connectivity index is 2.18. The van der Waals surface area contributed by atoms with Crippen LogP contribution in [0.15, 0.2) is 0 Å². The number of rotatable bonds is 4. The van der Waals surface area contributed by atoms with Crippen LogP contribution in [-0.2, 0) is 6.54 Å². The summed E-state index contributed by atoms with van der Waals surface area (Å²) in [5, 5.41) is 15.3. The van der Waals surface area contributed by atoms with Crippen molar-refractivity contribution in [3.63, 3.8) is 0 Å². The maximum atomic E-state index is 4.32. The van der Waals surface area contributed by atoms with Gasteiger partial charge in [0.2, 0.25) is 5.95 Å². The summed E-state index contributed by atoms with van der Waals surface area (Å²) in [5.41, 5.74) is 0. The zero-order chi connectivity index (χ0) is 11.4. The van der Waals surface area contributed by atoms with Gasteiger partial charge < -0.3 is 10.6 Å². The van der Waals surface area contributed by atoms with Gasteiger partial charge in [0.25, 0.3) is 0 Å². The topological polar surface area (TPSA) is 54.8 Å². The third-order valence-corrected chi connectivity index (χ3v) is 3.05. The first-order valence-corrected chi connectivity index (χ1v) is 6.27. The molecule has 0 radical (unpaired) electrons. The van der Waals surface area contributed by atoms with Crippen LogP contribution in [0.3, 0.4) is 0 Å². The van der Waals surface area contributed by atoms with Gasteiger partial charge in [-0.3, -0.25) is 4.57 Å². The van der Waals surface area contributed by atoms with Crippen molar-refractivity contribution in [1.29, 1.82) is 0 Å². The lowest BCUT2D eigenvalue weighted by atomic mass is 10.0. The van der Waals surface area contributed by atoms with Gasteiger partial charge in [0.1, 0.15) is 0 Å². The van der Waals surface area contributed by atoms with Crippen LogP contribution in [0.4, 0.5) is 5.95 Å². The molecule has 0 spiro atoms. The Morgan fingerprint density at radius 1 is 1.38 bits per heavy atom. The maximum absolute atomic E-state index is 4.32. The third kappa shape index (κ3) is 2.19. The molecule has 1 atom stereocenters. The highest BCUT2D eigenvalue weighted by atomic mass is 15.4. The molecule has 0 aliphatic carbocycles. The van der Waals surface area contributed by atoms with Gasteiger partial charge >= 0.3 is 0 Å². The minimum absolute atomic E-state index is 0.383. The number of aromatic nitrogens is 3. The van der Waals surface area contributed by atoms with E-state index in [1.807, 2.05) is 0 Å². The van der Waals surface area contributed by atoms with E-state index in [-0.39, 0.29) is 0 Å².